The van der Waals surface area contributed by atoms with Crippen LogP contribution in [0.4, 0.5) is 0 Å². The van der Waals surface area contributed by atoms with E-state index in [2.05, 4.69) is 0 Å². The molecule has 94 valence electrons. The highest BCUT2D eigenvalue weighted by atomic mass is 16.2. The summed E-state index contributed by atoms with van der Waals surface area (Å²) in [6, 6.07) is 6.85. The zero-order chi connectivity index (χ0) is 13.1. The van der Waals surface area contributed by atoms with Gasteiger partial charge in [-0.2, -0.15) is 0 Å². The molecule has 1 heterocycles. The van der Waals surface area contributed by atoms with Crippen LogP contribution in [0.3, 0.4) is 0 Å². The molecule has 0 atom stereocenters. The van der Waals surface area contributed by atoms with Crippen LogP contribution < -0.4 is 5.73 Å². The summed E-state index contributed by atoms with van der Waals surface area (Å²) in [6.07, 6.45) is 1.89. The number of amides is 2. The van der Waals surface area contributed by atoms with Gasteiger partial charge in [0, 0.05) is 13.0 Å². The molecule has 0 saturated heterocycles. The van der Waals surface area contributed by atoms with Crippen molar-refractivity contribution in [3.8, 4) is 0 Å². The summed E-state index contributed by atoms with van der Waals surface area (Å²) in [5.41, 5.74) is 6.21. The molecule has 1 aromatic rings. The van der Waals surface area contributed by atoms with Crippen LogP contribution in [0.1, 0.15) is 40.0 Å². The topological polar surface area (TPSA) is 87.2 Å². The number of amidine groups is 1. The molecule has 0 fully saturated rings. The van der Waals surface area contributed by atoms with Gasteiger partial charge >= 0.3 is 0 Å². The maximum atomic E-state index is 12.0. The summed E-state index contributed by atoms with van der Waals surface area (Å²) < 4.78 is 0. The minimum atomic E-state index is -0.224. The van der Waals surface area contributed by atoms with Gasteiger partial charge < -0.3 is 5.73 Å². The molecule has 1 aliphatic heterocycles. The lowest BCUT2D eigenvalue weighted by atomic mass is 10.1. The van der Waals surface area contributed by atoms with Crippen molar-refractivity contribution in [2.45, 2.75) is 19.3 Å². The number of fused-ring (bicyclic) bond motifs is 1. The summed E-state index contributed by atoms with van der Waals surface area (Å²) in [7, 11) is 0. The fourth-order valence-electron chi connectivity index (χ4n) is 2.03. The van der Waals surface area contributed by atoms with Gasteiger partial charge in [-0.25, -0.2) is 0 Å². The molecule has 1 aromatic carbocycles. The largest absolute Gasteiger partial charge is 0.388 e. The van der Waals surface area contributed by atoms with E-state index in [0.717, 1.165) is 0 Å². The lowest BCUT2D eigenvalue weighted by molar-refractivity contribution is 0.0652. The number of rotatable bonds is 5. The number of unbranched alkanes of at least 4 members (excludes halogenated alkanes) is 1. The Labute approximate surface area is 105 Å². The third kappa shape index (κ3) is 2.25. The van der Waals surface area contributed by atoms with Crippen LogP contribution in [0, 0.1) is 5.41 Å². The van der Waals surface area contributed by atoms with Crippen molar-refractivity contribution in [3.63, 3.8) is 0 Å². The van der Waals surface area contributed by atoms with Crippen molar-refractivity contribution in [2.75, 3.05) is 6.54 Å². The van der Waals surface area contributed by atoms with Gasteiger partial charge in [-0.15, -0.1) is 0 Å². The molecule has 3 N–H and O–H groups in total. The number of hydrogen-bond acceptors (Lipinski definition) is 3. The van der Waals surface area contributed by atoms with Crippen LogP contribution in [0.15, 0.2) is 24.3 Å². The Bertz CT molecular complexity index is 476. The first kappa shape index (κ1) is 12.3. The number of nitrogens with two attached hydrogens (primary N) is 1. The number of nitrogens with zero attached hydrogens (tertiary/aromatic N) is 1. The van der Waals surface area contributed by atoms with E-state index in [9.17, 15) is 9.59 Å². The van der Waals surface area contributed by atoms with Crippen LogP contribution >= 0.6 is 0 Å². The summed E-state index contributed by atoms with van der Waals surface area (Å²) in [5.74, 6) is -0.311. The first-order chi connectivity index (χ1) is 8.61. The van der Waals surface area contributed by atoms with Gasteiger partial charge in [-0.3, -0.25) is 19.9 Å². The van der Waals surface area contributed by atoms with Crippen molar-refractivity contribution in [2.24, 2.45) is 5.73 Å². The van der Waals surface area contributed by atoms with Crippen LogP contribution in [0.25, 0.3) is 0 Å². The van der Waals surface area contributed by atoms with Gasteiger partial charge in [-0.05, 0) is 25.0 Å². The van der Waals surface area contributed by atoms with Gasteiger partial charge in [0.05, 0.1) is 17.0 Å². The second kappa shape index (κ2) is 5.00. The number of benzene rings is 1. The van der Waals surface area contributed by atoms with Crippen LogP contribution in [-0.2, 0) is 0 Å². The molecule has 5 nitrogen and oxygen atoms in total. The average molecular weight is 245 g/mol. The quantitative estimate of drug-likeness (QED) is 0.355. The molecule has 0 spiro atoms. The van der Waals surface area contributed by atoms with E-state index < -0.39 is 0 Å². The van der Waals surface area contributed by atoms with Gasteiger partial charge in [0.25, 0.3) is 11.8 Å². The summed E-state index contributed by atoms with van der Waals surface area (Å²) in [4.78, 5) is 25.2. The monoisotopic (exact) mass is 245 g/mol. The third-order valence-electron chi connectivity index (χ3n) is 2.96. The molecule has 0 aliphatic carbocycles. The van der Waals surface area contributed by atoms with Gasteiger partial charge in [0.15, 0.2) is 0 Å². The van der Waals surface area contributed by atoms with Crippen LogP contribution in [0.5, 0.6) is 0 Å². The van der Waals surface area contributed by atoms with E-state index in [1.54, 1.807) is 24.3 Å². The Balaban J connectivity index is 1.99. The highest BCUT2D eigenvalue weighted by Crippen LogP contribution is 2.22. The molecule has 0 radical (unpaired) electrons. The van der Waals surface area contributed by atoms with Gasteiger partial charge in [0.1, 0.15) is 0 Å². The summed E-state index contributed by atoms with van der Waals surface area (Å²) in [5, 5.41) is 7.10. The maximum Gasteiger partial charge on any atom is 0.261 e. The first-order valence-corrected chi connectivity index (χ1v) is 5.89. The van der Waals surface area contributed by atoms with E-state index in [1.165, 1.54) is 4.90 Å². The van der Waals surface area contributed by atoms with Gasteiger partial charge in [-0.1, -0.05) is 12.1 Å². The zero-order valence-corrected chi connectivity index (χ0v) is 9.98. The van der Waals surface area contributed by atoms with Crippen molar-refractivity contribution >= 4 is 17.6 Å². The van der Waals surface area contributed by atoms with Crippen LogP contribution in [0.2, 0.25) is 0 Å². The fraction of sp³-hybridized carbons (Fsp3) is 0.308. The highest BCUT2D eigenvalue weighted by Gasteiger charge is 2.34. The number of nitrogens with one attached hydrogen (secondary N) is 1. The first-order valence-electron chi connectivity index (χ1n) is 5.89. The van der Waals surface area contributed by atoms with Gasteiger partial charge in [0.2, 0.25) is 0 Å². The van der Waals surface area contributed by atoms with E-state index in [-0.39, 0.29) is 17.6 Å². The van der Waals surface area contributed by atoms with Crippen molar-refractivity contribution < 1.29 is 9.59 Å². The standard InChI is InChI=1S/C13H15N3O2/c14-11(15)7-3-4-8-16-12(17)9-5-1-2-6-10(9)13(16)18/h1-2,5-6H,3-4,7-8H2,(H3,14,15). The van der Waals surface area contributed by atoms with E-state index in [0.29, 0.717) is 36.9 Å². The summed E-state index contributed by atoms with van der Waals surface area (Å²) >= 11 is 0. The maximum absolute atomic E-state index is 12.0. The summed E-state index contributed by atoms with van der Waals surface area (Å²) in [6.45, 7) is 0.389. The molecule has 5 heteroatoms. The minimum Gasteiger partial charge on any atom is -0.388 e. The SMILES string of the molecule is N=C(N)CCCCN1C(=O)c2ccccc2C1=O. The molecular formula is C13H15N3O2. The van der Waals surface area contributed by atoms with E-state index in [4.69, 9.17) is 11.1 Å². The average Bonchev–Trinajstić information content (AvgIpc) is 2.59. The normalized spacial score (nSPS) is 13.9. The Morgan fingerprint density at radius 2 is 1.67 bits per heavy atom. The second-order valence-electron chi connectivity index (χ2n) is 4.29. The molecule has 1 aliphatic rings. The Morgan fingerprint density at radius 1 is 1.11 bits per heavy atom. The van der Waals surface area contributed by atoms with Crippen molar-refractivity contribution in [1.82, 2.24) is 4.90 Å². The van der Waals surface area contributed by atoms with E-state index >= 15 is 0 Å². The molecule has 0 aromatic heterocycles. The molecule has 0 bridgehead atoms. The smallest absolute Gasteiger partial charge is 0.261 e. The second-order valence-corrected chi connectivity index (χ2v) is 4.29. The molecular weight excluding hydrogens is 230 g/mol. The minimum absolute atomic E-state index is 0.136. The van der Waals surface area contributed by atoms with Crippen molar-refractivity contribution in [1.29, 1.82) is 5.41 Å². The number of carbonyl (C=O) groups excluding carboxylic acids is 2. The fourth-order valence-corrected chi connectivity index (χ4v) is 2.03. The molecule has 18 heavy (non-hydrogen) atoms. The third-order valence-corrected chi connectivity index (χ3v) is 2.96. The zero-order valence-electron chi connectivity index (χ0n) is 9.98. The number of carbonyl (C=O) groups is 2. The Hall–Kier alpha value is -2.17. The number of imide groups is 1. The van der Waals surface area contributed by atoms with Crippen LogP contribution in [-0.4, -0.2) is 29.1 Å². The lowest BCUT2D eigenvalue weighted by Gasteiger charge is -2.13. The Kier molecular flexibility index (Phi) is 3.41. The van der Waals surface area contributed by atoms with E-state index in [1.807, 2.05) is 0 Å². The number of hydrogen-bond donors (Lipinski definition) is 2. The molecule has 0 saturated carbocycles. The predicted octanol–water partition coefficient (Wildman–Crippen LogP) is 1.39. The molecule has 0 unspecified atom stereocenters. The molecule has 2 amide bonds. The predicted molar refractivity (Wildman–Crippen MR) is 67.6 cm³/mol. The van der Waals surface area contributed by atoms with Crippen molar-refractivity contribution in [3.05, 3.63) is 35.4 Å². The Morgan fingerprint density at radius 3 is 2.17 bits per heavy atom. The lowest BCUT2D eigenvalue weighted by Crippen LogP contribution is -2.30. The highest BCUT2D eigenvalue weighted by molar-refractivity contribution is 6.21. The molecule has 2 rings (SSSR count).